The van der Waals surface area contributed by atoms with Gasteiger partial charge < -0.3 is 58.1 Å². The average Bonchev–Trinajstić information content (AvgIpc) is 2.79. The maximum atomic E-state index is 8.34. The second kappa shape index (κ2) is 23.9. The van der Waals surface area contributed by atoms with E-state index in [1.165, 1.54) is 0 Å². The van der Waals surface area contributed by atoms with Crippen molar-refractivity contribution in [1.29, 1.82) is 0 Å². The molecular weight excluding hydrogens is 486 g/mol. The molecule has 0 atom stereocenters. The van der Waals surface area contributed by atoms with Gasteiger partial charge in [0.05, 0.1) is 0 Å². The third-order valence-corrected chi connectivity index (χ3v) is 11.1. The molecular formula is C18H51N3O9Si3. The van der Waals surface area contributed by atoms with Crippen LogP contribution in [0.15, 0.2) is 0 Å². The molecule has 0 unspecified atom stereocenters. The second-order valence-corrected chi connectivity index (χ2v) is 14.6. The van der Waals surface area contributed by atoms with Gasteiger partial charge in [-0.1, -0.05) is 0 Å². The second-order valence-electron chi connectivity index (χ2n) is 6.73. The van der Waals surface area contributed by atoms with E-state index in [0.717, 1.165) is 24.9 Å². The van der Waals surface area contributed by atoms with Crippen LogP contribution in [0, 0.1) is 0 Å². The largest absolute Gasteiger partial charge is 0.500 e. The van der Waals surface area contributed by atoms with Gasteiger partial charge in [-0.15, -0.1) is 0 Å². The van der Waals surface area contributed by atoms with E-state index in [-0.39, 0.29) is 6.04 Å². The van der Waals surface area contributed by atoms with E-state index in [0.29, 0.717) is 45.9 Å². The van der Waals surface area contributed by atoms with Crippen LogP contribution >= 0.6 is 0 Å². The average molecular weight is 538 g/mol. The molecule has 0 bridgehead atoms. The van der Waals surface area contributed by atoms with Crippen LogP contribution in [0.25, 0.3) is 0 Å². The molecule has 0 aliphatic carbocycles. The van der Waals surface area contributed by atoms with Crippen LogP contribution in [0.3, 0.4) is 0 Å². The van der Waals surface area contributed by atoms with E-state index in [1.807, 2.05) is 20.8 Å². The highest BCUT2D eigenvalue weighted by Crippen LogP contribution is 2.17. The Morgan fingerprint density at radius 1 is 0.545 bits per heavy atom. The minimum atomic E-state index is -3.76. The normalized spacial score (nSPS) is 12.0. The van der Waals surface area contributed by atoms with Crippen molar-refractivity contribution < 1.29 is 40.9 Å². The molecule has 0 heterocycles. The van der Waals surface area contributed by atoms with E-state index in [9.17, 15) is 0 Å². The van der Waals surface area contributed by atoms with E-state index in [2.05, 4.69) is 0 Å². The van der Waals surface area contributed by atoms with Gasteiger partial charge in [0, 0.05) is 59.3 Å². The van der Waals surface area contributed by atoms with Crippen LogP contribution in [0.1, 0.15) is 40.0 Å². The van der Waals surface area contributed by atoms with Crippen LogP contribution in [0.2, 0.25) is 18.1 Å². The van der Waals surface area contributed by atoms with Crippen molar-refractivity contribution in [3.8, 4) is 0 Å². The molecule has 15 heteroatoms. The highest BCUT2D eigenvalue weighted by molar-refractivity contribution is 6.61. The molecule has 9 N–H and O–H groups in total. The number of nitrogens with two attached hydrogens (primary N) is 3. The Morgan fingerprint density at radius 3 is 1.06 bits per heavy atom. The summed E-state index contributed by atoms with van der Waals surface area (Å²) < 4.78 is 32.5. The maximum absolute atomic E-state index is 8.34. The van der Waals surface area contributed by atoms with Crippen LogP contribution in [0.4, 0.5) is 0 Å². The van der Waals surface area contributed by atoms with E-state index in [1.54, 1.807) is 21.3 Å². The first-order valence-corrected chi connectivity index (χ1v) is 17.3. The van der Waals surface area contributed by atoms with Crippen molar-refractivity contribution >= 4 is 26.4 Å². The summed E-state index contributed by atoms with van der Waals surface area (Å²) in [6.45, 7) is 9.47. The van der Waals surface area contributed by atoms with Gasteiger partial charge in [0.1, 0.15) is 0 Å². The molecule has 0 aromatic carbocycles. The Hall–Kier alpha value is 0.171. The zero-order valence-electron chi connectivity index (χ0n) is 21.5. The van der Waals surface area contributed by atoms with E-state index in [4.69, 9.17) is 58.1 Å². The van der Waals surface area contributed by atoms with E-state index >= 15 is 0 Å². The predicted molar refractivity (Wildman–Crippen MR) is 135 cm³/mol. The molecule has 204 valence electrons. The Morgan fingerprint density at radius 2 is 0.848 bits per heavy atom. The van der Waals surface area contributed by atoms with Crippen LogP contribution in [0.5, 0.6) is 0 Å². The third-order valence-electron chi connectivity index (χ3n) is 4.12. The SMILES string of the molecule is CCO[Si](CCCN)(OCC)OCC.CO[Si](CCCN)(OC)OC.NCCC[Si](O)(O)O. The minimum Gasteiger partial charge on any atom is -0.390 e. The van der Waals surface area contributed by atoms with Crippen LogP contribution in [-0.4, -0.2) is 102 Å². The fourth-order valence-corrected chi connectivity index (χ4v) is 7.60. The van der Waals surface area contributed by atoms with Gasteiger partial charge >= 0.3 is 26.4 Å². The molecule has 0 saturated carbocycles. The quantitative estimate of drug-likeness (QED) is 0.127. The van der Waals surface area contributed by atoms with Crippen molar-refractivity contribution in [2.24, 2.45) is 17.2 Å². The van der Waals surface area contributed by atoms with Gasteiger partial charge in [0.2, 0.25) is 0 Å². The minimum absolute atomic E-state index is 0.0451. The fourth-order valence-electron chi connectivity index (χ4n) is 2.53. The summed E-state index contributed by atoms with van der Waals surface area (Å²) in [5.41, 5.74) is 15.9. The molecule has 0 spiro atoms. The lowest BCUT2D eigenvalue weighted by atomic mass is 10.5. The van der Waals surface area contributed by atoms with Gasteiger partial charge in [-0.25, -0.2) is 0 Å². The number of hydrogen-bond donors (Lipinski definition) is 6. The highest BCUT2D eigenvalue weighted by Gasteiger charge is 2.39. The first-order valence-electron chi connectivity index (χ1n) is 11.4. The molecule has 12 nitrogen and oxygen atoms in total. The first kappa shape index (κ1) is 37.7. The molecule has 0 rings (SSSR count). The van der Waals surface area contributed by atoms with Crippen molar-refractivity contribution in [3.63, 3.8) is 0 Å². The van der Waals surface area contributed by atoms with Crippen molar-refractivity contribution in [2.45, 2.75) is 58.2 Å². The molecule has 0 aliphatic rings. The Labute approximate surface area is 203 Å². The predicted octanol–water partition coefficient (Wildman–Crippen LogP) is -0.152. The lowest BCUT2D eigenvalue weighted by Gasteiger charge is -2.28. The molecule has 0 amide bonds. The van der Waals surface area contributed by atoms with Gasteiger partial charge in [0.25, 0.3) is 0 Å². The molecule has 0 aliphatic heterocycles. The number of rotatable bonds is 18. The standard InChI is InChI=1S/C9H23NO3Si.C6H17NO3Si.C3H11NO3Si/c1-4-11-14(12-5-2,13-6-3)9-7-8-10;1-8-11(9-2,10-3)6-4-5-7;4-2-1-3-8(5,6)7/h4-10H2,1-3H3;4-7H2,1-3H3;5-7H,1-4H2. The van der Waals surface area contributed by atoms with Gasteiger partial charge in [-0.05, 0) is 59.7 Å². The third kappa shape index (κ3) is 22.4. The van der Waals surface area contributed by atoms with Crippen LogP contribution < -0.4 is 17.2 Å². The first-order chi connectivity index (χ1) is 15.5. The van der Waals surface area contributed by atoms with Crippen molar-refractivity contribution in [1.82, 2.24) is 0 Å². The summed E-state index contributed by atoms with van der Waals surface area (Å²) in [6.07, 6.45) is 2.24. The summed E-state index contributed by atoms with van der Waals surface area (Å²) in [5, 5.41) is 0. The summed E-state index contributed by atoms with van der Waals surface area (Å²) >= 11 is 0. The summed E-state index contributed by atoms with van der Waals surface area (Å²) in [5.74, 6) is 0. The Kier molecular flexibility index (Phi) is 27.3. The zero-order valence-corrected chi connectivity index (χ0v) is 24.5. The molecule has 0 aromatic heterocycles. The van der Waals surface area contributed by atoms with Gasteiger partial charge in [-0.3, -0.25) is 0 Å². The monoisotopic (exact) mass is 537 g/mol. The van der Waals surface area contributed by atoms with Crippen molar-refractivity contribution in [3.05, 3.63) is 0 Å². The summed E-state index contributed by atoms with van der Waals surface area (Å²) in [6, 6.07) is 1.65. The Bertz CT molecular complexity index is 383. The van der Waals surface area contributed by atoms with E-state index < -0.39 is 26.4 Å². The molecule has 0 radical (unpaired) electrons. The molecule has 0 fully saturated rings. The lowest BCUT2D eigenvalue weighted by Crippen LogP contribution is -2.46. The topological polar surface area (TPSA) is 194 Å². The zero-order chi connectivity index (χ0) is 26.2. The van der Waals surface area contributed by atoms with Gasteiger partial charge in [-0.2, -0.15) is 0 Å². The summed E-state index contributed by atoms with van der Waals surface area (Å²) in [7, 11) is -3.65. The van der Waals surface area contributed by atoms with Crippen molar-refractivity contribution in [2.75, 3.05) is 60.8 Å². The lowest BCUT2D eigenvalue weighted by molar-refractivity contribution is 0.0709. The van der Waals surface area contributed by atoms with Crippen LogP contribution in [-0.2, 0) is 26.6 Å². The fraction of sp³-hybridized carbons (Fsp3) is 1.00. The van der Waals surface area contributed by atoms with Gasteiger partial charge in [0.15, 0.2) is 0 Å². The maximum Gasteiger partial charge on any atom is 0.500 e. The Balaban J connectivity index is -0.000000426. The molecule has 0 aromatic rings. The number of hydrogen-bond acceptors (Lipinski definition) is 12. The smallest absolute Gasteiger partial charge is 0.390 e. The summed E-state index contributed by atoms with van der Waals surface area (Å²) in [4.78, 5) is 25.0. The molecule has 0 saturated heterocycles. The highest BCUT2D eigenvalue weighted by atomic mass is 28.4. The molecule has 33 heavy (non-hydrogen) atoms.